The molecule has 0 radical (unpaired) electrons. The van der Waals surface area contributed by atoms with Gasteiger partial charge in [-0.25, -0.2) is 4.39 Å². The highest BCUT2D eigenvalue weighted by molar-refractivity contribution is 9.10. The van der Waals surface area contributed by atoms with Crippen LogP contribution in [-0.2, 0) is 0 Å². The third-order valence-corrected chi connectivity index (χ3v) is 4.75. The first-order valence-corrected chi connectivity index (χ1v) is 6.80. The van der Waals surface area contributed by atoms with Gasteiger partial charge in [0.15, 0.2) is 0 Å². The second-order valence-corrected chi connectivity index (χ2v) is 6.13. The molecule has 0 fully saturated rings. The highest BCUT2D eigenvalue weighted by Gasteiger charge is 2.17. The number of ketones is 1. The minimum atomic E-state index is -0.636. The van der Waals surface area contributed by atoms with Gasteiger partial charge in [0.25, 0.3) is 0 Å². The SMILES string of the molecule is O=C(c1cc(Br)c(Cl)s1)c1ccc(Cl)cc1F. The second-order valence-electron chi connectivity index (χ2n) is 3.19. The molecule has 0 aliphatic carbocycles. The summed E-state index contributed by atoms with van der Waals surface area (Å²) in [4.78, 5) is 12.4. The lowest BCUT2D eigenvalue weighted by atomic mass is 10.1. The Morgan fingerprint density at radius 2 is 2.00 bits per heavy atom. The molecule has 0 saturated carbocycles. The van der Waals surface area contributed by atoms with Crippen molar-refractivity contribution in [3.05, 3.63) is 54.4 Å². The fraction of sp³-hybridized carbons (Fsp3) is 0. The lowest BCUT2D eigenvalue weighted by Crippen LogP contribution is -2.01. The average Bonchev–Trinajstić information content (AvgIpc) is 2.58. The molecular formula is C11H4BrCl2FOS. The third-order valence-electron chi connectivity index (χ3n) is 2.04. The van der Waals surface area contributed by atoms with Gasteiger partial charge < -0.3 is 0 Å². The van der Waals surface area contributed by atoms with Crippen molar-refractivity contribution in [2.24, 2.45) is 0 Å². The van der Waals surface area contributed by atoms with Crippen molar-refractivity contribution in [3.8, 4) is 0 Å². The van der Waals surface area contributed by atoms with Crippen molar-refractivity contribution in [3.63, 3.8) is 0 Å². The monoisotopic (exact) mass is 352 g/mol. The second kappa shape index (κ2) is 5.06. The largest absolute Gasteiger partial charge is 0.288 e. The highest BCUT2D eigenvalue weighted by atomic mass is 79.9. The molecular weight excluding hydrogens is 350 g/mol. The maximum atomic E-state index is 13.5. The van der Waals surface area contributed by atoms with Gasteiger partial charge in [-0.2, -0.15) is 0 Å². The number of hydrogen-bond acceptors (Lipinski definition) is 2. The molecule has 0 saturated heterocycles. The molecule has 1 aromatic carbocycles. The van der Waals surface area contributed by atoms with Gasteiger partial charge in [-0.15, -0.1) is 11.3 Å². The molecule has 0 aliphatic rings. The zero-order valence-corrected chi connectivity index (χ0v) is 12.1. The van der Waals surface area contributed by atoms with E-state index < -0.39 is 11.6 Å². The number of carbonyl (C=O) groups excluding carboxylic acids is 1. The number of carbonyl (C=O) groups is 1. The lowest BCUT2D eigenvalue weighted by Gasteiger charge is -2.00. The van der Waals surface area contributed by atoms with Crippen LogP contribution in [-0.4, -0.2) is 5.78 Å². The Balaban J connectivity index is 2.43. The molecule has 6 heteroatoms. The summed E-state index contributed by atoms with van der Waals surface area (Å²) >= 11 is 15.7. The number of benzene rings is 1. The topological polar surface area (TPSA) is 17.1 Å². The van der Waals surface area contributed by atoms with Crippen molar-refractivity contribution in [1.82, 2.24) is 0 Å². The van der Waals surface area contributed by atoms with Crippen LogP contribution in [0, 0.1) is 5.82 Å². The first-order chi connectivity index (χ1) is 7.99. The minimum absolute atomic E-state index is 0.0141. The van der Waals surface area contributed by atoms with Crippen LogP contribution in [0.1, 0.15) is 15.2 Å². The molecule has 0 amide bonds. The maximum absolute atomic E-state index is 13.5. The summed E-state index contributed by atoms with van der Waals surface area (Å²) < 4.78 is 14.6. The smallest absolute Gasteiger partial charge is 0.205 e. The molecule has 0 N–H and O–H groups in total. The van der Waals surface area contributed by atoms with E-state index in [-0.39, 0.29) is 10.6 Å². The van der Waals surface area contributed by atoms with Crippen molar-refractivity contribution in [2.45, 2.75) is 0 Å². The number of rotatable bonds is 2. The van der Waals surface area contributed by atoms with Crippen LogP contribution < -0.4 is 0 Å². The summed E-state index contributed by atoms with van der Waals surface area (Å²) in [6.45, 7) is 0. The number of thiophene rings is 1. The summed E-state index contributed by atoms with van der Waals surface area (Å²) in [6.07, 6.45) is 0. The standard InChI is InChI=1S/C11H4BrCl2FOS/c12-7-4-9(17-11(7)14)10(16)6-2-1-5(13)3-8(6)15/h1-4H. The summed E-state index contributed by atoms with van der Waals surface area (Å²) in [5.74, 6) is -1.04. The summed E-state index contributed by atoms with van der Waals surface area (Å²) in [7, 11) is 0. The Bertz CT molecular complexity index is 578. The first-order valence-electron chi connectivity index (χ1n) is 4.43. The Morgan fingerprint density at radius 1 is 1.29 bits per heavy atom. The summed E-state index contributed by atoms with van der Waals surface area (Å²) in [5.41, 5.74) is -0.0141. The molecule has 1 aromatic heterocycles. The van der Waals surface area contributed by atoms with Gasteiger partial charge in [0.05, 0.1) is 10.4 Å². The van der Waals surface area contributed by atoms with E-state index in [2.05, 4.69) is 15.9 Å². The van der Waals surface area contributed by atoms with Crippen LogP contribution in [0.2, 0.25) is 9.36 Å². The molecule has 0 unspecified atom stereocenters. The quantitative estimate of drug-likeness (QED) is 0.679. The zero-order chi connectivity index (χ0) is 12.6. The Morgan fingerprint density at radius 3 is 2.53 bits per heavy atom. The van der Waals surface area contributed by atoms with E-state index in [0.717, 1.165) is 17.4 Å². The van der Waals surface area contributed by atoms with Crippen LogP contribution >= 0.6 is 50.5 Å². The van der Waals surface area contributed by atoms with E-state index in [0.29, 0.717) is 13.7 Å². The molecule has 17 heavy (non-hydrogen) atoms. The fourth-order valence-electron chi connectivity index (χ4n) is 1.26. The van der Waals surface area contributed by atoms with E-state index >= 15 is 0 Å². The van der Waals surface area contributed by atoms with Crippen LogP contribution in [0.4, 0.5) is 4.39 Å². The fourth-order valence-corrected chi connectivity index (χ4v) is 3.08. The molecule has 2 rings (SSSR count). The zero-order valence-electron chi connectivity index (χ0n) is 8.14. The van der Waals surface area contributed by atoms with E-state index in [1.807, 2.05) is 0 Å². The normalized spacial score (nSPS) is 10.6. The molecule has 1 heterocycles. The molecule has 0 bridgehead atoms. The van der Waals surface area contributed by atoms with Crippen molar-refractivity contribution in [1.29, 1.82) is 0 Å². The summed E-state index contributed by atoms with van der Waals surface area (Å²) in [5, 5.41) is 0.254. The predicted molar refractivity (Wildman–Crippen MR) is 71.9 cm³/mol. The van der Waals surface area contributed by atoms with E-state index in [1.54, 1.807) is 6.07 Å². The molecule has 0 aliphatic heterocycles. The molecule has 88 valence electrons. The van der Waals surface area contributed by atoms with Gasteiger partial charge in [0.2, 0.25) is 5.78 Å². The minimum Gasteiger partial charge on any atom is -0.288 e. The van der Waals surface area contributed by atoms with Crippen LogP contribution in [0.5, 0.6) is 0 Å². The number of hydrogen-bond donors (Lipinski definition) is 0. The van der Waals surface area contributed by atoms with Gasteiger partial charge >= 0.3 is 0 Å². The van der Waals surface area contributed by atoms with E-state index in [4.69, 9.17) is 23.2 Å². The number of halogens is 4. The lowest BCUT2D eigenvalue weighted by molar-refractivity contribution is 0.103. The Hall–Kier alpha value is -0.420. The maximum Gasteiger partial charge on any atom is 0.205 e. The van der Waals surface area contributed by atoms with Gasteiger partial charge in [0, 0.05) is 9.50 Å². The Kier molecular flexibility index (Phi) is 3.88. The van der Waals surface area contributed by atoms with Crippen LogP contribution in [0.25, 0.3) is 0 Å². The predicted octanol–water partition coefficient (Wildman–Crippen LogP) is 5.19. The molecule has 1 nitrogen and oxygen atoms in total. The first kappa shape index (κ1) is 13.0. The summed E-state index contributed by atoms with van der Waals surface area (Å²) in [6, 6.07) is 5.52. The molecule has 0 spiro atoms. The highest BCUT2D eigenvalue weighted by Crippen LogP contribution is 2.33. The van der Waals surface area contributed by atoms with Crippen molar-refractivity contribution >= 4 is 56.3 Å². The van der Waals surface area contributed by atoms with Gasteiger partial charge in [0.1, 0.15) is 10.2 Å². The Labute approximate surface area is 119 Å². The average molecular weight is 354 g/mol. The molecule has 0 atom stereocenters. The van der Waals surface area contributed by atoms with Gasteiger partial charge in [-0.05, 0) is 40.2 Å². The van der Waals surface area contributed by atoms with Crippen molar-refractivity contribution < 1.29 is 9.18 Å². The van der Waals surface area contributed by atoms with Gasteiger partial charge in [-0.1, -0.05) is 23.2 Å². The van der Waals surface area contributed by atoms with Crippen molar-refractivity contribution in [2.75, 3.05) is 0 Å². The third kappa shape index (κ3) is 2.71. The van der Waals surface area contributed by atoms with Gasteiger partial charge in [-0.3, -0.25) is 4.79 Å². The molecule has 2 aromatic rings. The van der Waals surface area contributed by atoms with E-state index in [1.165, 1.54) is 12.1 Å². The van der Waals surface area contributed by atoms with Crippen LogP contribution in [0.15, 0.2) is 28.7 Å². The van der Waals surface area contributed by atoms with Crippen LogP contribution in [0.3, 0.4) is 0 Å². The van der Waals surface area contributed by atoms with E-state index in [9.17, 15) is 9.18 Å².